The van der Waals surface area contributed by atoms with Crippen LogP contribution in [-0.2, 0) is 16.6 Å². The van der Waals surface area contributed by atoms with Gasteiger partial charge < -0.3 is 5.73 Å². The van der Waals surface area contributed by atoms with Crippen LogP contribution in [0.25, 0.3) is 0 Å². The molecule has 4 nitrogen and oxygen atoms in total. The summed E-state index contributed by atoms with van der Waals surface area (Å²) in [4.78, 5) is -0.215. The van der Waals surface area contributed by atoms with Crippen LogP contribution in [0.3, 0.4) is 0 Å². The summed E-state index contributed by atoms with van der Waals surface area (Å²) in [5, 5.41) is 0.161. The van der Waals surface area contributed by atoms with Crippen molar-refractivity contribution < 1.29 is 17.2 Å². The predicted octanol–water partition coefficient (Wildman–Crippen LogP) is 2.88. The molecule has 0 saturated heterocycles. The van der Waals surface area contributed by atoms with Crippen molar-refractivity contribution in [2.24, 2.45) is 5.73 Å². The third kappa shape index (κ3) is 3.31. The monoisotopic (exact) mass is 332 g/mol. The van der Waals surface area contributed by atoms with Crippen molar-refractivity contribution in [1.82, 2.24) is 0 Å². The van der Waals surface area contributed by atoms with Gasteiger partial charge in [-0.05, 0) is 29.8 Å². The van der Waals surface area contributed by atoms with Crippen LogP contribution >= 0.6 is 11.6 Å². The molecule has 0 aromatic heterocycles. The molecule has 0 spiro atoms. The maximum Gasteiger partial charge on any atom is 0.262 e. The minimum Gasteiger partial charge on any atom is -0.326 e. The third-order valence-corrected chi connectivity index (χ3v) is 4.45. The van der Waals surface area contributed by atoms with Gasteiger partial charge in [0.1, 0.15) is 17.3 Å². The van der Waals surface area contributed by atoms with Gasteiger partial charge >= 0.3 is 0 Å². The summed E-state index contributed by atoms with van der Waals surface area (Å²) in [6.07, 6.45) is 0. The fourth-order valence-electron chi connectivity index (χ4n) is 1.65. The van der Waals surface area contributed by atoms with E-state index in [1.807, 2.05) is 4.72 Å². The molecule has 2 aromatic carbocycles. The number of halogens is 3. The summed E-state index contributed by atoms with van der Waals surface area (Å²) in [7, 11) is -4.16. The summed E-state index contributed by atoms with van der Waals surface area (Å²) < 4.78 is 53.1. The van der Waals surface area contributed by atoms with Crippen molar-refractivity contribution >= 4 is 27.3 Å². The number of sulfonamides is 1. The highest BCUT2D eigenvalue weighted by atomic mass is 35.5. The molecule has 0 heterocycles. The highest BCUT2D eigenvalue weighted by molar-refractivity contribution is 7.92. The molecule has 0 radical (unpaired) electrons. The van der Waals surface area contributed by atoms with Crippen molar-refractivity contribution in [2.75, 3.05) is 4.72 Å². The average Bonchev–Trinajstić information content (AvgIpc) is 2.43. The second kappa shape index (κ2) is 5.97. The Morgan fingerprint density at radius 3 is 2.29 bits per heavy atom. The zero-order valence-electron chi connectivity index (χ0n) is 10.6. The first-order valence-corrected chi connectivity index (χ1v) is 7.66. The van der Waals surface area contributed by atoms with Gasteiger partial charge in [0.25, 0.3) is 10.0 Å². The zero-order chi connectivity index (χ0) is 15.6. The molecule has 2 aromatic rings. The van der Waals surface area contributed by atoms with Crippen LogP contribution < -0.4 is 10.5 Å². The van der Waals surface area contributed by atoms with Gasteiger partial charge in [-0.1, -0.05) is 23.7 Å². The number of anilines is 1. The van der Waals surface area contributed by atoms with Crippen LogP contribution in [-0.4, -0.2) is 8.42 Å². The number of nitrogens with one attached hydrogen (secondary N) is 1. The molecule has 0 atom stereocenters. The van der Waals surface area contributed by atoms with E-state index in [-0.39, 0.29) is 16.5 Å². The molecule has 0 bridgehead atoms. The maximum atomic E-state index is 13.5. The Labute approximate surface area is 125 Å². The van der Waals surface area contributed by atoms with E-state index >= 15 is 0 Å². The smallest absolute Gasteiger partial charge is 0.262 e. The van der Waals surface area contributed by atoms with Gasteiger partial charge in [-0.3, -0.25) is 4.72 Å². The van der Waals surface area contributed by atoms with Crippen molar-refractivity contribution in [3.05, 3.63) is 58.6 Å². The molecule has 0 amide bonds. The van der Waals surface area contributed by atoms with E-state index in [0.29, 0.717) is 5.56 Å². The van der Waals surface area contributed by atoms with Gasteiger partial charge in [-0.2, -0.15) is 0 Å². The normalized spacial score (nSPS) is 11.4. The molecule has 0 fully saturated rings. The van der Waals surface area contributed by atoms with E-state index in [1.54, 1.807) is 0 Å². The van der Waals surface area contributed by atoms with Gasteiger partial charge in [-0.25, -0.2) is 17.2 Å². The molecule has 0 saturated carbocycles. The minimum absolute atomic E-state index is 0.147. The second-order valence-corrected chi connectivity index (χ2v) is 6.25. The fourth-order valence-corrected chi connectivity index (χ4v) is 3.07. The van der Waals surface area contributed by atoms with Gasteiger partial charge in [0.2, 0.25) is 0 Å². The lowest BCUT2D eigenvalue weighted by molar-refractivity contribution is 0.583. The Bertz CT molecular complexity index is 761. The first-order valence-electron chi connectivity index (χ1n) is 5.80. The highest BCUT2D eigenvalue weighted by Crippen LogP contribution is 2.25. The lowest BCUT2D eigenvalue weighted by atomic mass is 10.2. The lowest BCUT2D eigenvalue weighted by Gasteiger charge is -2.11. The summed E-state index contributed by atoms with van der Waals surface area (Å²) in [5.74, 6) is -2.02. The molecule has 2 rings (SSSR count). The first-order chi connectivity index (χ1) is 9.85. The summed E-state index contributed by atoms with van der Waals surface area (Å²) in [5.41, 5.74) is 5.25. The number of para-hydroxylation sites is 1. The molecule has 0 aliphatic heterocycles. The predicted molar refractivity (Wildman–Crippen MR) is 76.5 cm³/mol. The van der Waals surface area contributed by atoms with Crippen molar-refractivity contribution in [3.63, 3.8) is 0 Å². The number of rotatable bonds is 4. The van der Waals surface area contributed by atoms with Crippen LogP contribution in [0.15, 0.2) is 41.3 Å². The van der Waals surface area contributed by atoms with E-state index in [0.717, 1.165) is 18.2 Å². The highest BCUT2D eigenvalue weighted by Gasteiger charge is 2.19. The Morgan fingerprint density at radius 2 is 1.76 bits per heavy atom. The Hall–Kier alpha value is -1.70. The van der Waals surface area contributed by atoms with Crippen LogP contribution in [0.5, 0.6) is 0 Å². The SMILES string of the molecule is NCc1ccc(S(=O)(=O)Nc2c(F)cccc2F)cc1Cl. The Morgan fingerprint density at radius 1 is 1.14 bits per heavy atom. The molecule has 0 aliphatic rings. The molecule has 0 unspecified atom stereocenters. The number of nitrogens with two attached hydrogens (primary N) is 1. The van der Waals surface area contributed by atoms with Crippen molar-refractivity contribution in [2.45, 2.75) is 11.4 Å². The third-order valence-electron chi connectivity index (χ3n) is 2.75. The van der Waals surface area contributed by atoms with Gasteiger partial charge in [0.05, 0.1) is 4.90 Å². The first kappa shape index (κ1) is 15.7. The minimum atomic E-state index is -4.16. The Kier molecular flexibility index (Phi) is 4.46. The molecule has 21 heavy (non-hydrogen) atoms. The lowest BCUT2D eigenvalue weighted by Crippen LogP contribution is -2.15. The largest absolute Gasteiger partial charge is 0.326 e. The van der Waals surface area contributed by atoms with Crippen LogP contribution in [0.2, 0.25) is 5.02 Å². The van der Waals surface area contributed by atoms with Crippen LogP contribution in [0.4, 0.5) is 14.5 Å². The number of hydrogen-bond acceptors (Lipinski definition) is 3. The van der Waals surface area contributed by atoms with Gasteiger partial charge in [0.15, 0.2) is 0 Å². The molecule has 0 aliphatic carbocycles. The molecule has 112 valence electrons. The Balaban J connectivity index is 2.41. The van der Waals surface area contributed by atoms with Crippen molar-refractivity contribution in [3.8, 4) is 0 Å². The molecule has 3 N–H and O–H groups in total. The average molecular weight is 333 g/mol. The zero-order valence-corrected chi connectivity index (χ0v) is 12.2. The van der Waals surface area contributed by atoms with E-state index in [4.69, 9.17) is 17.3 Å². The van der Waals surface area contributed by atoms with E-state index in [9.17, 15) is 17.2 Å². The van der Waals surface area contributed by atoms with Crippen LogP contribution in [0.1, 0.15) is 5.56 Å². The summed E-state index contributed by atoms with van der Waals surface area (Å²) in [6, 6.07) is 6.90. The molecular weight excluding hydrogens is 322 g/mol. The number of hydrogen-bond donors (Lipinski definition) is 2. The van der Waals surface area contributed by atoms with Gasteiger partial charge in [-0.15, -0.1) is 0 Å². The van der Waals surface area contributed by atoms with Crippen molar-refractivity contribution in [1.29, 1.82) is 0 Å². The quantitative estimate of drug-likeness (QED) is 0.904. The van der Waals surface area contributed by atoms with Crippen LogP contribution in [0, 0.1) is 11.6 Å². The summed E-state index contributed by atoms with van der Waals surface area (Å²) in [6.45, 7) is 0.147. The second-order valence-electron chi connectivity index (χ2n) is 4.16. The number of benzene rings is 2. The summed E-state index contributed by atoms with van der Waals surface area (Å²) >= 11 is 5.88. The maximum absolute atomic E-state index is 13.5. The van der Waals surface area contributed by atoms with E-state index in [2.05, 4.69) is 0 Å². The standard InChI is InChI=1S/C13H11ClF2N2O2S/c14-10-6-9(5-4-8(10)7-17)21(19,20)18-13-11(15)2-1-3-12(13)16/h1-6,18H,7,17H2. The molecular formula is C13H11ClF2N2O2S. The van der Waals surface area contributed by atoms with Gasteiger partial charge in [0, 0.05) is 11.6 Å². The van der Waals surface area contributed by atoms with E-state index in [1.165, 1.54) is 18.2 Å². The topological polar surface area (TPSA) is 72.2 Å². The molecule has 8 heteroatoms. The van der Waals surface area contributed by atoms with E-state index < -0.39 is 27.3 Å². The fraction of sp³-hybridized carbons (Fsp3) is 0.0769.